The van der Waals surface area contributed by atoms with Crippen LogP contribution in [0, 0.1) is 17.3 Å². The van der Waals surface area contributed by atoms with Crippen LogP contribution >= 0.6 is 0 Å². The van der Waals surface area contributed by atoms with Crippen molar-refractivity contribution in [2.24, 2.45) is 0 Å². The fourth-order valence-electron chi connectivity index (χ4n) is 4.05. The van der Waals surface area contributed by atoms with Crippen molar-refractivity contribution in [2.75, 3.05) is 26.3 Å². The Morgan fingerprint density at radius 2 is 2.29 bits per heavy atom. The smallest absolute Gasteiger partial charge is 0.212 e. The standard InChI is InChI=1S/C20H18FN5O2/c21-19-2-1-13(8-23-19)18-6-17(11-26-20(18)14(7-22)9-24-26)27-4-3-25-10-16-5-15(25)12-28-16/h1-2,6,8-9,11,15-16H,3-5,10,12H2. The van der Waals surface area contributed by atoms with Gasteiger partial charge in [0, 0.05) is 36.5 Å². The molecule has 5 rings (SSSR count). The van der Waals surface area contributed by atoms with Crippen molar-refractivity contribution in [3.63, 3.8) is 0 Å². The molecule has 3 aromatic rings. The van der Waals surface area contributed by atoms with Gasteiger partial charge in [-0.05, 0) is 24.6 Å². The van der Waals surface area contributed by atoms with E-state index < -0.39 is 5.95 Å². The first-order valence-corrected chi connectivity index (χ1v) is 9.23. The highest BCUT2D eigenvalue weighted by Gasteiger charge is 2.38. The van der Waals surface area contributed by atoms with Crippen LogP contribution in [0.4, 0.5) is 4.39 Å². The highest BCUT2D eigenvalue weighted by molar-refractivity contribution is 5.84. The molecule has 0 saturated carbocycles. The maximum atomic E-state index is 13.2. The Morgan fingerprint density at radius 1 is 1.36 bits per heavy atom. The average Bonchev–Trinajstić information content (AvgIpc) is 3.43. The van der Waals surface area contributed by atoms with Gasteiger partial charge in [-0.2, -0.15) is 14.8 Å². The molecule has 0 aromatic carbocycles. The first-order chi connectivity index (χ1) is 13.7. The van der Waals surface area contributed by atoms with E-state index in [-0.39, 0.29) is 0 Å². The van der Waals surface area contributed by atoms with Gasteiger partial charge in [0.1, 0.15) is 18.4 Å². The molecule has 2 aliphatic rings. The monoisotopic (exact) mass is 379 g/mol. The second-order valence-corrected chi connectivity index (χ2v) is 7.11. The summed E-state index contributed by atoms with van der Waals surface area (Å²) in [5, 5.41) is 13.7. The van der Waals surface area contributed by atoms with Crippen LogP contribution in [0.25, 0.3) is 16.6 Å². The number of pyridine rings is 2. The first-order valence-electron chi connectivity index (χ1n) is 9.23. The van der Waals surface area contributed by atoms with Crippen molar-refractivity contribution in [3.8, 4) is 22.9 Å². The minimum Gasteiger partial charge on any atom is -0.491 e. The van der Waals surface area contributed by atoms with E-state index in [9.17, 15) is 9.65 Å². The summed E-state index contributed by atoms with van der Waals surface area (Å²) < 4.78 is 26.5. The number of nitriles is 1. The highest BCUT2D eigenvalue weighted by Crippen LogP contribution is 2.31. The van der Waals surface area contributed by atoms with Crippen molar-refractivity contribution < 1.29 is 13.9 Å². The van der Waals surface area contributed by atoms with E-state index in [2.05, 4.69) is 21.1 Å². The number of fused-ring (bicyclic) bond motifs is 3. The molecule has 3 aromatic heterocycles. The molecule has 2 atom stereocenters. The zero-order chi connectivity index (χ0) is 19.1. The molecule has 2 saturated heterocycles. The lowest BCUT2D eigenvalue weighted by molar-refractivity contribution is 0.0258. The molecule has 2 fully saturated rings. The van der Waals surface area contributed by atoms with E-state index in [0.29, 0.717) is 41.1 Å². The Labute approximate surface area is 160 Å². The fraction of sp³-hybridized carbons (Fsp3) is 0.350. The Kier molecular flexibility index (Phi) is 4.19. The van der Waals surface area contributed by atoms with Crippen LogP contribution in [-0.4, -0.2) is 57.9 Å². The summed E-state index contributed by atoms with van der Waals surface area (Å²) in [7, 11) is 0. The lowest BCUT2D eigenvalue weighted by Crippen LogP contribution is -2.39. The van der Waals surface area contributed by atoms with Crippen molar-refractivity contribution >= 4 is 5.52 Å². The summed E-state index contributed by atoms with van der Waals surface area (Å²) >= 11 is 0. The summed E-state index contributed by atoms with van der Waals surface area (Å²) in [5.41, 5.74) is 2.52. The second kappa shape index (κ2) is 6.86. The van der Waals surface area contributed by atoms with Crippen LogP contribution in [-0.2, 0) is 4.74 Å². The fourth-order valence-corrected chi connectivity index (χ4v) is 4.05. The second-order valence-electron chi connectivity index (χ2n) is 7.11. The van der Waals surface area contributed by atoms with Gasteiger partial charge >= 0.3 is 0 Å². The van der Waals surface area contributed by atoms with Gasteiger partial charge < -0.3 is 9.47 Å². The Balaban J connectivity index is 1.41. The molecular weight excluding hydrogens is 361 g/mol. The normalized spacial score (nSPS) is 21.3. The Hall–Kier alpha value is -3.02. The maximum Gasteiger partial charge on any atom is 0.212 e. The zero-order valence-corrected chi connectivity index (χ0v) is 15.1. The minimum absolute atomic E-state index is 0.368. The van der Waals surface area contributed by atoms with Gasteiger partial charge in [-0.15, -0.1) is 0 Å². The molecule has 0 amide bonds. The van der Waals surface area contributed by atoms with Crippen LogP contribution < -0.4 is 4.74 Å². The Morgan fingerprint density at radius 3 is 3.00 bits per heavy atom. The van der Waals surface area contributed by atoms with E-state index >= 15 is 0 Å². The van der Waals surface area contributed by atoms with Crippen molar-refractivity contribution in [3.05, 3.63) is 48.3 Å². The lowest BCUT2D eigenvalue weighted by Gasteiger charge is -2.26. The van der Waals surface area contributed by atoms with Crippen LogP contribution in [0.1, 0.15) is 12.0 Å². The largest absolute Gasteiger partial charge is 0.491 e. The summed E-state index contributed by atoms with van der Waals surface area (Å²) in [5.74, 6) is 0.0881. The highest BCUT2D eigenvalue weighted by atomic mass is 19.1. The summed E-state index contributed by atoms with van der Waals surface area (Å²) in [6.45, 7) is 3.15. The van der Waals surface area contributed by atoms with Crippen LogP contribution in [0.5, 0.6) is 5.75 Å². The molecular formula is C20H18FN5O2. The predicted octanol–water partition coefficient (Wildman–Crippen LogP) is 2.26. The number of halogens is 1. The molecule has 2 aliphatic heterocycles. The van der Waals surface area contributed by atoms with Gasteiger partial charge in [-0.3, -0.25) is 4.90 Å². The molecule has 28 heavy (non-hydrogen) atoms. The number of ether oxygens (including phenoxy) is 2. The third-order valence-corrected chi connectivity index (χ3v) is 5.41. The number of nitrogens with zero attached hydrogens (tertiary/aromatic N) is 5. The number of hydrogen-bond donors (Lipinski definition) is 0. The molecule has 0 radical (unpaired) electrons. The van der Waals surface area contributed by atoms with Gasteiger partial charge in [0.25, 0.3) is 0 Å². The van der Waals surface area contributed by atoms with Crippen LogP contribution in [0.15, 0.2) is 36.8 Å². The van der Waals surface area contributed by atoms with Gasteiger partial charge in [0.15, 0.2) is 0 Å². The molecule has 0 spiro atoms. The Bertz CT molecular complexity index is 1060. The van der Waals surface area contributed by atoms with Gasteiger partial charge in [-0.1, -0.05) is 0 Å². The van der Waals surface area contributed by atoms with E-state index in [1.54, 1.807) is 16.8 Å². The summed E-state index contributed by atoms with van der Waals surface area (Å²) in [6, 6.07) is 7.44. The average molecular weight is 379 g/mol. The van der Waals surface area contributed by atoms with Crippen LogP contribution in [0.2, 0.25) is 0 Å². The molecule has 0 aliphatic carbocycles. The molecule has 5 heterocycles. The third-order valence-electron chi connectivity index (χ3n) is 5.41. The molecule has 2 unspecified atom stereocenters. The molecule has 2 bridgehead atoms. The number of likely N-dealkylation sites (tertiary alicyclic amines) is 1. The number of morpholine rings is 1. The molecule has 8 heteroatoms. The van der Waals surface area contributed by atoms with E-state index in [1.807, 2.05) is 6.07 Å². The first kappa shape index (κ1) is 17.1. The van der Waals surface area contributed by atoms with Gasteiger partial charge in [-0.25, -0.2) is 9.50 Å². The predicted molar refractivity (Wildman–Crippen MR) is 98.3 cm³/mol. The summed E-state index contributed by atoms with van der Waals surface area (Å²) in [4.78, 5) is 6.13. The molecule has 0 N–H and O–H groups in total. The van der Waals surface area contributed by atoms with Crippen molar-refractivity contribution in [1.29, 1.82) is 5.26 Å². The van der Waals surface area contributed by atoms with E-state index in [0.717, 1.165) is 31.7 Å². The van der Waals surface area contributed by atoms with E-state index in [1.165, 1.54) is 18.5 Å². The SMILES string of the molecule is N#Cc1cnn2cc(OCCN3CC4CC3CO4)cc(-c3ccc(F)nc3)c12. The van der Waals surface area contributed by atoms with Gasteiger partial charge in [0.05, 0.1) is 36.2 Å². The quantitative estimate of drug-likeness (QED) is 0.633. The van der Waals surface area contributed by atoms with Crippen molar-refractivity contribution in [1.82, 2.24) is 19.5 Å². The minimum atomic E-state index is -0.551. The van der Waals surface area contributed by atoms with E-state index in [4.69, 9.17) is 9.47 Å². The lowest BCUT2D eigenvalue weighted by atomic mass is 10.1. The van der Waals surface area contributed by atoms with Gasteiger partial charge in [0.2, 0.25) is 5.95 Å². The number of hydrogen-bond acceptors (Lipinski definition) is 6. The zero-order valence-electron chi connectivity index (χ0n) is 15.1. The molecule has 7 nitrogen and oxygen atoms in total. The molecule has 142 valence electrons. The number of rotatable bonds is 5. The number of aromatic nitrogens is 3. The summed E-state index contributed by atoms with van der Waals surface area (Å²) in [6.07, 6.45) is 6.20. The maximum absolute atomic E-state index is 13.2. The van der Waals surface area contributed by atoms with Crippen LogP contribution in [0.3, 0.4) is 0 Å². The van der Waals surface area contributed by atoms with Crippen molar-refractivity contribution in [2.45, 2.75) is 18.6 Å². The third kappa shape index (κ3) is 2.99. The topological polar surface area (TPSA) is 75.7 Å².